The van der Waals surface area contributed by atoms with Gasteiger partial charge in [0.15, 0.2) is 0 Å². The van der Waals surface area contributed by atoms with Crippen LogP contribution in [0.15, 0.2) is 51.2 Å². The monoisotopic (exact) mass is 501 g/mol. The summed E-state index contributed by atoms with van der Waals surface area (Å²) < 4.78 is 21.5. The van der Waals surface area contributed by atoms with Crippen LogP contribution in [0.2, 0.25) is 0 Å². The van der Waals surface area contributed by atoms with Crippen LogP contribution in [-0.2, 0) is 14.5 Å². The number of carbonyl (C=O) groups excluding carboxylic acids is 1. The zero-order valence-electron chi connectivity index (χ0n) is 19.6. The zero-order valence-corrected chi connectivity index (χ0v) is 21.2. The number of thiophene rings is 1. The fourth-order valence-corrected chi connectivity index (χ4v) is 5.41. The molecule has 0 bridgehead atoms. The number of hydrogen-bond acceptors (Lipinski definition) is 9. The number of carbonyl (C=O) groups is 1. The molecule has 0 aliphatic rings. The molecule has 0 saturated carbocycles. The van der Waals surface area contributed by atoms with Crippen LogP contribution in [0.25, 0.3) is 10.4 Å². The number of aromatic nitrogens is 2. The van der Waals surface area contributed by atoms with Gasteiger partial charge in [-0.2, -0.15) is 4.98 Å². The predicted octanol–water partition coefficient (Wildman–Crippen LogP) is 3.00. The van der Waals surface area contributed by atoms with E-state index in [0.717, 1.165) is 16.9 Å². The van der Waals surface area contributed by atoms with Crippen molar-refractivity contribution >= 4 is 57.9 Å². The van der Waals surface area contributed by atoms with Crippen molar-refractivity contribution in [3.05, 3.63) is 41.9 Å². The van der Waals surface area contributed by atoms with E-state index in [1.165, 1.54) is 6.26 Å². The van der Waals surface area contributed by atoms with Crippen LogP contribution in [0, 0.1) is 0 Å². The van der Waals surface area contributed by atoms with Gasteiger partial charge in [-0.25, -0.2) is 14.0 Å². The first-order chi connectivity index (χ1) is 16.3. The third-order valence-corrected chi connectivity index (χ3v) is 7.66. The Morgan fingerprint density at radius 2 is 2.15 bits per heavy atom. The number of amides is 1. The molecule has 12 heteroatoms. The van der Waals surface area contributed by atoms with Gasteiger partial charge in [-0.15, -0.1) is 15.7 Å². The molecule has 0 aliphatic heterocycles. The van der Waals surface area contributed by atoms with Gasteiger partial charge in [-0.1, -0.05) is 18.5 Å². The van der Waals surface area contributed by atoms with E-state index in [9.17, 15) is 14.1 Å². The lowest BCUT2D eigenvalue weighted by Gasteiger charge is -2.18. The summed E-state index contributed by atoms with van der Waals surface area (Å²) in [5, 5.41) is 18.1. The number of anilines is 3. The van der Waals surface area contributed by atoms with Crippen molar-refractivity contribution in [2.45, 2.75) is 31.2 Å². The lowest BCUT2D eigenvalue weighted by Crippen LogP contribution is -2.24. The molecule has 0 radical (unpaired) electrons. The second-order valence-corrected chi connectivity index (χ2v) is 10.7. The fraction of sp³-hybridized carbons (Fsp3) is 0.318. The Kier molecular flexibility index (Phi) is 8.64. The average molecular weight is 501 g/mol. The van der Waals surface area contributed by atoms with Crippen LogP contribution >= 0.6 is 11.3 Å². The van der Waals surface area contributed by atoms with Crippen molar-refractivity contribution in [3.8, 4) is 10.4 Å². The maximum atomic E-state index is 13.0. The van der Waals surface area contributed by atoms with Crippen molar-refractivity contribution in [2.75, 3.05) is 30.1 Å². The van der Waals surface area contributed by atoms with Crippen LogP contribution in [0.1, 0.15) is 20.3 Å². The number of hydrogen-bond donors (Lipinski definition) is 3. The maximum absolute atomic E-state index is 13.0. The summed E-state index contributed by atoms with van der Waals surface area (Å²) >= 11 is 1.58. The summed E-state index contributed by atoms with van der Waals surface area (Å²) in [7, 11) is -1.15. The van der Waals surface area contributed by atoms with E-state index in [1.807, 2.05) is 24.4 Å². The van der Waals surface area contributed by atoms with Crippen molar-refractivity contribution in [1.82, 2.24) is 9.97 Å². The van der Waals surface area contributed by atoms with E-state index < -0.39 is 15.8 Å². The highest BCUT2D eigenvalue weighted by Crippen LogP contribution is 2.31. The quantitative estimate of drug-likeness (QED) is 0.382. The van der Waals surface area contributed by atoms with Crippen molar-refractivity contribution < 1.29 is 18.8 Å². The Morgan fingerprint density at radius 1 is 1.35 bits per heavy atom. The number of nitrogens with one attached hydrogen (secondary N) is 2. The summed E-state index contributed by atoms with van der Waals surface area (Å²) in [4.78, 5) is 22.3. The van der Waals surface area contributed by atoms with Crippen LogP contribution in [0.3, 0.4) is 0 Å². The van der Waals surface area contributed by atoms with E-state index in [2.05, 4.69) is 25.0 Å². The lowest BCUT2D eigenvalue weighted by molar-refractivity contribution is 0.164. The van der Waals surface area contributed by atoms with Gasteiger partial charge in [0.1, 0.15) is 13.7 Å². The summed E-state index contributed by atoms with van der Waals surface area (Å²) in [5.41, 5.74) is 2.24. The smallest absolute Gasteiger partial charge is 0.442 e. The molecule has 180 valence electrons. The van der Waals surface area contributed by atoms with Gasteiger partial charge in [0.05, 0.1) is 34.5 Å². The Morgan fingerprint density at radius 3 is 2.76 bits per heavy atom. The molecule has 3 rings (SSSR count). The molecular formula is C22H28BN5O4S2. The van der Waals surface area contributed by atoms with Gasteiger partial charge in [-0.05, 0) is 43.0 Å². The standard InChI is InChI=1S/C22H28BN5O4S2/c1-4-14(13-29)25-20-16(18-7-6-10-33-18)12-24-21(27-20)26-15-8-9-19(17(23)11-15)34(3,31)28-22(30)32-5-2/h6-12,14,29H,4-5,13,23H2,1-3H3,(H2,24,25,26,27)/t14-,34?/m1/s1. The molecule has 2 heterocycles. The second-order valence-electron chi connectivity index (χ2n) is 7.56. The number of benzene rings is 1. The molecule has 1 unspecified atom stereocenters. The van der Waals surface area contributed by atoms with Gasteiger partial charge >= 0.3 is 6.09 Å². The third kappa shape index (κ3) is 6.34. The largest absolute Gasteiger partial charge is 0.448 e. The predicted molar refractivity (Wildman–Crippen MR) is 140 cm³/mol. The molecule has 2 aromatic heterocycles. The average Bonchev–Trinajstić information content (AvgIpc) is 3.32. The molecule has 34 heavy (non-hydrogen) atoms. The van der Waals surface area contributed by atoms with Gasteiger partial charge < -0.3 is 20.5 Å². The molecule has 2 atom stereocenters. The normalized spacial score (nSPS) is 13.5. The van der Waals surface area contributed by atoms with Crippen LogP contribution in [0.4, 0.5) is 22.2 Å². The van der Waals surface area contributed by atoms with Crippen LogP contribution in [0.5, 0.6) is 0 Å². The highest BCUT2D eigenvalue weighted by molar-refractivity contribution is 7.93. The second kappa shape index (κ2) is 11.5. The Bertz CT molecular complexity index is 1260. The Balaban J connectivity index is 1.90. The number of aliphatic hydroxyl groups excluding tert-OH is 1. The molecule has 0 spiro atoms. The molecule has 1 aromatic carbocycles. The minimum absolute atomic E-state index is 0.0129. The minimum Gasteiger partial charge on any atom is -0.448 e. The topological polar surface area (TPSA) is 126 Å². The van der Waals surface area contributed by atoms with Crippen molar-refractivity contribution in [1.29, 1.82) is 0 Å². The molecule has 0 aliphatic carbocycles. The van der Waals surface area contributed by atoms with Crippen molar-refractivity contribution in [3.63, 3.8) is 0 Å². The minimum atomic E-state index is -2.95. The van der Waals surface area contributed by atoms with E-state index >= 15 is 0 Å². The Labute approximate surface area is 204 Å². The number of nitrogens with zero attached hydrogens (tertiary/aromatic N) is 3. The Hall–Kier alpha value is -2.96. The molecular weight excluding hydrogens is 473 g/mol. The van der Waals surface area contributed by atoms with E-state index in [0.29, 0.717) is 27.8 Å². The maximum Gasteiger partial charge on any atom is 0.442 e. The number of ether oxygens (including phenoxy) is 1. The van der Waals surface area contributed by atoms with Gasteiger partial charge in [0, 0.05) is 27.9 Å². The van der Waals surface area contributed by atoms with Crippen LogP contribution < -0.4 is 16.1 Å². The SMILES string of the molecule is Bc1cc(Nc2ncc(-c3cccs3)c(N[C@H](CC)CO)n2)ccc1S(C)(=O)=NC(=O)OCC. The van der Waals surface area contributed by atoms with Gasteiger partial charge in [0.2, 0.25) is 5.95 Å². The first kappa shape index (κ1) is 25.7. The molecule has 3 aromatic rings. The molecule has 1 amide bonds. The van der Waals surface area contributed by atoms with Gasteiger partial charge in [0.25, 0.3) is 0 Å². The molecule has 0 fully saturated rings. The van der Waals surface area contributed by atoms with E-state index in [1.54, 1.807) is 50.5 Å². The van der Waals surface area contributed by atoms with Crippen LogP contribution in [-0.4, -0.2) is 58.7 Å². The van der Waals surface area contributed by atoms with E-state index in [-0.39, 0.29) is 19.3 Å². The summed E-state index contributed by atoms with van der Waals surface area (Å²) in [6.45, 7) is 3.81. The van der Waals surface area contributed by atoms with Crippen molar-refractivity contribution in [2.24, 2.45) is 4.36 Å². The highest BCUT2D eigenvalue weighted by atomic mass is 32.2. The lowest BCUT2D eigenvalue weighted by atomic mass is 9.96. The third-order valence-electron chi connectivity index (χ3n) is 4.99. The fourth-order valence-electron chi connectivity index (χ4n) is 3.26. The summed E-state index contributed by atoms with van der Waals surface area (Å²) in [6, 6.07) is 9.02. The molecule has 0 saturated heterocycles. The first-order valence-electron chi connectivity index (χ1n) is 10.8. The number of rotatable bonds is 9. The number of aliphatic hydroxyl groups is 1. The summed E-state index contributed by atoms with van der Waals surface area (Å²) in [6.07, 6.45) is 3.05. The van der Waals surface area contributed by atoms with Gasteiger partial charge in [-0.3, -0.25) is 0 Å². The molecule has 3 N–H and O–H groups in total. The zero-order chi connectivity index (χ0) is 24.7. The first-order valence-corrected chi connectivity index (χ1v) is 13.6. The summed E-state index contributed by atoms with van der Waals surface area (Å²) in [5.74, 6) is 0.996. The highest BCUT2D eigenvalue weighted by Gasteiger charge is 2.16. The van der Waals surface area contributed by atoms with E-state index in [4.69, 9.17) is 4.74 Å². The molecule has 9 nitrogen and oxygen atoms in total.